The van der Waals surface area contributed by atoms with Gasteiger partial charge in [-0.15, -0.1) is 0 Å². The third-order valence-electron chi connectivity index (χ3n) is 4.92. The molecule has 0 spiro atoms. The van der Waals surface area contributed by atoms with Crippen LogP contribution < -0.4 is 20.6 Å². The summed E-state index contributed by atoms with van der Waals surface area (Å²) in [6.45, 7) is 0.762. The number of ether oxygens (including phenoxy) is 2. The van der Waals surface area contributed by atoms with E-state index in [0.29, 0.717) is 35.5 Å². The maximum absolute atomic E-state index is 10.7. The number of benzene rings is 2. The first kappa shape index (κ1) is 21.0. The number of nitrogens with one attached hydrogen (secondary N) is 1. The molecule has 1 aliphatic carbocycles. The average Bonchev–Trinajstić information content (AvgIpc) is 2.73. The van der Waals surface area contributed by atoms with Crippen molar-refractivity contribution < 1.29 is 14.3 Å². The highest BCUT2D eigenvalue weighted by Crippen LogP contribution is 2.33. The van der Waals surface area contributed by atoms with Crippen molar-refractivity contribution >= 4 is 23.8 Å². The van der Waals surface area contributed by atoms with Crippen molar-refractivity contribution in [3.63, 3.8) is 0 Å². The molecule has 1 fully saturated rings. The SMILES string of the molecule is NC(=O)N/N=C\c1cc(Cl)ccc1OCCOc1ccc(C2CCCCC2)cc1. The van der Waals surface area contributed by atoms with Crippen LogP contribution in [0.2, 0.25) is 5.02 Å². The maximum Gasteiger partial charge on any atom is 0.332 e. The first-order valence-electron chi connectivity index (χ1n) is 9.85. The highest BCUT2D eigenvalue weighted by atomic mass is 35.5. The Hall–Kier alpha value is -2.73. The van der Waals surface area contributed by atoms with Crippen molar-refractivity contribution in [1.82, 2.24) is 5.43 Å². The number of primary amides is 1. The molecule has 3 N–H and O–H groups in total. The van der Waals surface area contributed by atoms with Gasteiger partial charge in [-0.05, 0) is 54.7 Å². The van der Waals surface area contributed by atoms with Crippen LogP contribution in [-0.4, -0.2) is 25.5 Å². The van der Waals surface area contributed by atoms with E-state index in [0.717, 1.165) is 5.75 Å². The fourth-order valence-electron chi connectivity index (χ4n) is 3.50. The zero-order valence-electron chi connectivity index (χ0n) is 16.3. The summed E-state index contributed by atoms with van der Waals surface area (Å²) in [6, 6.07) is 12.8. The van der Waals surface area contributed by atoms with Gasteiger partial charge in [0.2, 0.25) is 0 Å². The van der Waals surface area contributed by atoms with Crippen LogP contribution in [0.25, 0.3) is 0 Å². The van der Waals surface area contributed by atoms with E-state index in [4.69, 9.17) is 26.8 Å². The van der Waals surface area contributed by atoms with E-state index >= 15 is 0 Å². The third-order valence-corrected chi connectivity index (χ3v) is 5.15. The lowest BCUT2D eigenvalue weighted by atomic mass is 9.84. The summed E-state index contributed by atoms with van der Waals surface area (Å²) in [5.74, 6) is 2.10. The van der Waals surface area contributed by atoms with Crippen molar-refractivity contribution in [3.05, 3.63) is 58.6 Å². The molecule has 1 aliphatic rings. The van der Waals surface area contributed by atoms with Crippen molar-refractivity contribution in [2.45, 2.75) is 38.0 Å². The summed E-state index contributed by atoms with van der Waals surface area (Å²) in [4.78, 5) is 10.7. The van der Waals surface area contributed by atoms with Crippen molar-refractivity contribution in [3.8, 4) is 11.5 Å². The number of hydrogen-bond donors (Lipinski definition) is 2. The number of amides is 2. The second-order valence-electron chi connectivity index (χ2n) is 7.02. The van der Waals surface area contributed by atoms with E-state index in [9.17, 15) is 4.79 Å². The van der Waals surface area contributed by atoms with Crippen LogP contribution in [0.3, 0.4) is 0 Å². The Morgan fingerprint density at radius 3 is 2.55 bits per heavy atom. The maximum atomic E-state index is 10.7. The molecule has 0 heterocycles. The Balaban J connectivity index is 1.49. The summed E-state index contributed by atoms with van der Waals surface area (Å²) in [7, 11) is 0. The smallest absolute Gasteiger partial charge is 0.332 e. The first-order valence-corrected chi connectivity index (χ1v) is 10.2. The molecule has 0 atom stereocenters. The molecular formula is C22H26ClN3O3. The van der Waals surface area contributed by atoms with Gasteiger partial charge in [0.15, 0.2) is 0 Å². The van der Waals surface area contributed by atoms with E-state index in [2.05, 4.69) is 22.7 Å². The number of hydrazone groups is 1. The highest BCUT2D eigenvalue weighted by molar-refractivity contribution is 6.30. The van der Waals surface area contributed by atoms with Crippen LogP contribution in [0.1, 0.15) is 49.1 Å². The quantitative estimate of drug-likeness (QED) is 0.367. The lowest BCUT2D eigenvalue weighted by Crippen LogP contribution is -2.24. The van der Waals surface area contributed by atoms with E-state index < -0.39 is 6.03 Å². The second-order valence-corrected chi connectivity index (χ2v) is 7.45. The number of rotatable bonds is 8. The number of urea groups is 1. The zero-order chi connectivity index (χ0) is 20.5. The number of carbonyl (C=O) groups excluding carboxylic acids is 1. The number of nitrogens with two attached hydrogens (primary N) is 1. The Morgan fingerprint density at radius 2 is 1.83 bits per heavy atom. The van der Waals surface area contributed by atoms with Crippen molar-refractivity contribution in [2.75, 3.05) is 13.2 Å². The predicted octanol–water partition coefficient (Wildman–Crippen LogP) is 4.85. The molecule has 3 rings (SSSR count). The lowest BCUT2D eigenvalue weighted by molar-refractivity contribution is 0.217. The minimum atomic E-state index is -0.742. The highest BCUT2D eigenvalue weighted by Gasteiger charge is 2.15. The number of carbonyl (C=O) groups is 1. The van der Waals surface area contributed by atoms with Crippen LogP contribution in [-0.2, 0) is 0 Å². The molecule has 1 saturated carbocycles. The Morgan fingerprint density at radius 1 is 1.10 bits per heavy atom. The van der Waals surface area contributed by atoms with Gasteiger partial charge in [0.25, 0.3) is 0 Å². The fourth-order valence-corrected chi connectivity index (χ4v) is 3.68. The minimum absolute atomic E-state index is 0.357. The minimum Gasteiger partial charge on any atom is -0.490 e. The Bertz CT molecular complexity index is 834. The molecule has 2 amide bonds. The number of halogens is 1. The van der Waals surface area contributed by atoms with Gasteiger partial charge in [0.1, 0.15) is 24.7 Å². The van der Waals surface area contributed by atoms with Gasteiger partial charge in [-0.25, -0.2) is 10.2 Å². The van der Waals surface area contributed by atoms with Crippen LogP contribution in [0.4, 0.5) is 4.79 Å². The molecule has 0 unspecified atom stereocenters. The van der Waals surface area contributed by atoms with Crippen LogP contribution >= 0.6 is 11.6 Å². The Labute approximate surface area is 176 Å². The van der Waals surface area contributed by atoms with Gasteiger partial charge < -0.3 is 15.2 Å². The van der Waals surface area contributed by atoms with Crippen LogP contribution in [0.5, 0.6) is 11.5 Å². The molecule has 2 aromatic rings. The first-order chi connectivity index (χ1) is 14.1. The molecule has 7 heteroatoms. The number of nitrogens with zero attached hydrogens (tertiary/aromatic N) is 1. The summed E-state index contributed by atoms with van der Waals surface area (Å²) in [5.41, 5.74) is 9.17. The summed E-state index contributed by atoms with van der Waals surface area (Å²) in [6.07, 6.45) is 8.02. The van der Waals surface area contributed by atoms with Gasteiger partial charge in [-0.3, -0.25) is 0 Å². The van der Waals surface area contributed by atoms with Crippen LogP contribution in [0.15, 0.2) is 47.6 Å². The predicted molar refractivity (Wildman–Crippen MR) is 115 cm³/mol. The zero-order valence-corrected chi connectivity index (χ0v) is 17.0. The topological polar surface area (TPSA) is 85.9 Å². The summed E-state index contributed by atoms with van der Waals surface area (Å²) < 4.78 is 11.6. The average molecular weight is 416 g/mol. The molecule has 2 aromatic carbocycles. The van der Waals surface area contributed by atoms with Crippen molar-refractivity contribution in [1.29, 1.82) is 0 Å². The molecule has 29 heavy (non-hydrogen) atoms. The molecule has 0 aromatic heterocycles. The third kappa shape index (κ3) is 6.68. The molecule has 0 bridgehead atoms. The number of hydrogen-bond acceptors (Lipinski definition) is 4. The largest absolute Gasteiger partial charge is 0.490 e. The summed E-state index contributed by atoms with van der Waals surface area (Å²) >= 11 is 6.01. The fraction of sp³-hybridized carbons (Fsp3) is 0.364. The molecule has 0 aliphatic heterocycles. The van der Waals surface area contributed by atoms with Gasteiger partial charge >= 0.3 is 6.03 Å². The van der Waals surface area contributed by atoms with E-state index in [-0.39, 0.29) is 0 Å². The van der Waals surface area contributed by atoms with E-state index in [1.165, 1.54) is 43.9 Å². The van der Waals surface area contributed by atoms with Gasteiger partial charge in [0, 0.05) is 10.6 Å². The van der Waals surface area contributed by atoms with Gasteiger partial charge in [0.05, 0.1) is 6.21 Å². The standard InChI is InChI=1S/C22H26ClN3O3/c23-19-8-11-21(18(14-19)15-25-26-22(24)27)29-13-12-28-20-9-6-17(7-10-20)16-4-2-1-3-5-16/h6-11,14-16H,1-5,12-13H2,(H3,24,26,27)/b25-15-. The van der Waals surface area contributed by atoms with Gasteiger partial charge in [-0.1, -0.05) is 43.0 Å². The van der Waals surface area contributed by atoms with Crippen molar-refractivity contribution in [2.24, 2.45) is 10.8 Å². The van der Waals surface area contributed by atoms with Crippen LogP contribution in [0, 0.1) is 0 Å². The Kier molecular flexibility index (Phi) is 7.76. The molecule has 6 nitrogen and oxygen atoms in total. The lowest BCUT2D eigenvalue weighted by Gasteiger charge is -2.22. The molecule has 154 valence electrons. The molecule has 0 saturated heterocycles. The van der Waals surface area contributed by atoms with E-state index in [1.807, 2.05) is 12.1 Å². The molecular weight excluding hydrogens is 390 g/mol. The summed E-state index contributed by atoms with van der Waals surface area (Å²) in [5, 5.41) is 4.28. The normalized spacial score (nSPS) is 14.7. The monoisotopic (exact) mass is 415 g/mol. The van der Waals surface area contributed by atoms with E-state index in [1.54, 1.807) is 18.2 Å². The van der Waals surface area contributed by atoms with Gasteiger partial charge in [-0.2, -0.15) is 5.10 Å². The molecule has 0 radical (unpaired) electrons. The second kappa shape index (κ2) is 10.7.